The molecule has 2 aliphatic heterocycles. The van der Waals surface area contributed by atoms with Crippen LogP contribution in [0.25, 0.3) is 0 Å². The van der Waals surface area contributed by atoms with Crippen LogP contribution in [0.1, 0.15) is 42.1 Å². The number of anilines is 1. The smallest absolute Gasteiger partial charge is 0.228 e. The molecule has 1 aromatic carbocycles. The van der Waals surface area contributed by atoms with Crippen molar-refractivity contribution in [3.63, 3.8) is 0 Å². The van der Waals surface area contributed by atoms with Gasteiger partial charge < -0.3 is 5.32 Å². The second kappa shape index (κ2) is 5.20. The Hall–Kier alpha value is -1.68. The molecule has 2 atom stereocenters. The van der Waals surface area contributed by atoms with E-state index in [1.165, 1.54) is 12.8 Å². The molecule has 1 saturated carbocycles. The lowest BCUT2D eigenvalue weighted by atomic mass is 9.90. The number of hydrogen-bond donors (Lipinski definition) is 1. The van der Waals surface area contributed by atoms with Crippen molar-refractivity contribution in [1.82, 2.24) is 4.90 Å². The van der Waals surface area contributed by atoms with Gasteiger partial charge in [0.25, 0.3) is 0 Å². The first-order valence-corrected chi connectivity index (χ1v) is 8.30. The number of carbonyl (C=O) groups is 2. The monoisotopic (exact) mass is 298 g/mol. The van der Waals surface area contributed by atoms with Crippen LogP contribution in [0.5, 0.6) is 0 Å². The van der Waals surface area contributed by atoms with Crippen LogP contribution in [-0.2, 0) is 11.2 Å². The van der Waals surface area contributed by atoms with Gasteiger partial charge in [-0.3, -0.25) is 14.5 Å². The minimum Gasteiger partial charge on any atom is -0.326 e. The number of nitrogens with one attached hydrogen (secondary N) is 1. The molecule has 2 fully saturated rings. The van der Waals surface area contributed by atoms with Crippen molar-refractivity contribution in [2.45, 2.75) is 38.6 Å². The van der Waals surface area contributed by atoms with Crippen LogP contribution < -0.4 is 5.32 Å². The molecule has 0 bridgehead atoms. The molecule has 1 amide bonds. The van der Waals surface area contributed by atoms with Crippen molar-refractivity contribution >= 4 is 17.4 Å². The van der Waals surface area contributed by atoms with Gasteiger partial charge >= 0.3 is 0 Å². The fraction of sp³-hybridized carbons (Fsp3) is 0.556. The number of fused-ring (bicyclic) bond motifs is 1. The summed E-state index contributed by atoms with van der Waals surface area (Å²) < 4.78 is 0. The van der Waals surface area contributed by atoms with Gasteiger partial charge in [-0.25, -0.2) is 0 Å². The number of likely N-dealkylation sites (tertiary alicyclic amines) is 1. The summed E-state index contributed by atoms with van der Waals surface area (Å²) in [7, 11) is 0. The Morgan fingerprint density at radius 2 is 2.14 bits per heavy atom. The van der Waals surface area contributed by atoms with Gasteiger partial charge in [-0.2, -0.15) is 0 Å². The number of rotatable bonds is 4. The van der Waals surface area contributed by atoms with Crippen molar-refractivity contribution < 1.29 is 9.59 Å². The van der Waals surface area contributed by atoms with Crippen LogP contribution in [0.2, 0.25) is 0 Å². The number of Topliss-reactive ketones (excluding diaryl/α,β-unsaturated/α-hetero) is 1. The van der Waals surface area contributed by atoms with Gasteiger partial charge in [-0.15, -0.1) is 0 Å². The lowest BCUT2D eigenvalue weighted by molar-refractivity contribution is -0.115. The number of ketones is 1. The van der Waals surface area contributed by atoms with E-state index >= 15 is 0 Å². The van der Waals surface area contributed by atoms with E-state index < -0.39 is 0 Å². The minimum absolute atomic E-state index is 0.0177. The quantitative estimate of drug-likeness (QED) is 0.869. The number of hydrogen-bond acceptors (Lipinski definition) is 3. The topological polar surface area (TPSA) is 49.4 Å². The number of nitrogens with zero attached hydrogens (tertiary/aromatic N) is 1. The molecule has 0 radical (unpaired) electrons. The fourth-order valence-corrected chi connectivity index (χ4v) is 3.82. The Morgan fingerprint density at radius 3 is 2.91 bits per heavy atom. The summed E-state index contributed by atoms with van der Waals surface area (Å²) in [5, 5.41) is 2.83. The standard InChI is InChI=1S/C18H22N2O2/c1-11-9-20(15-4-5-15)10-14(11)7-17(21)13-3-2-12-8-18(22)19-16(12)6-13/h2-3,6,11,14-15H,4-5,7-10H2,1H3,(H,19,22)/t11-,14+/m0/s1. The van der Waals surface area contributed by atoms with Gasteiger partial charge in [0, 0.05) is 36.8 Å². The highest BCUT2D eigenvalue weighted by molar-refractivity contribution is 6.02. The van der Waals surface area contributed by atoms with Crippen molar-refractivity contribution in [1.29, 1.82) is 0 Å². The van der Waals surface area contributed by atoms with E-state index in [0.717, 1.165) is 35.9 Å². The summed E-state index contributed by atoms with van der Waals surface area (Å²) in [6.45, 7) is 4.48. The van der Waals surface area contributed by atoms with Crippen molar-refractivity contribution in [2.75, 3.05) is 18.4 Å². The maximum Gasteiger partial charge on any atom is 0.228 e. The van der Waals surface area contributed by atoms with Crippen LogP contribution in [0.15, 0.2) is 18.2 Å². The third-order valence-electron chi connectivity index (χ3n) is 5.36. The average Bonchev–Trinajstić information content (AvgIpc) is 3.17. The average molecular weight is 298 g/mol. The second-order valence-electron chi connectivity index (χ2n) is 7.15. The van der Waals surface area contributed by atoms with Crippen LogP contribution in [0.3, 0.4) is 0 Å². The first-order chi connectivity index (χ1) is 10.6. The summed E-state index contributed by atoms with van der Waals surface area (Å²) >= 11 is 0. The van der Waals surface area contributed by atoms with Crippen LogP contribution in [0.4, 0.5) is 5.69 Å². The van der Waals surface area contributed by atoms with Crippen molar-refractivity contribution in [3.05, 3.63) is 29.3 Å². The highest BCUT2D eigenvalue weighted by atomic mass is 16.1. The van der Waals surface area contributed by atoms with E-state index in [1.54, 1.807) is 0 Å². The molecule has 2 heterocycles. The summed E-state index contributed by atoms with van der Waals surface area (Å²) in [6, 6.07) is 6.42. The SMILES string of the molecule is C[C@H]1CN(C2CC2)C[C@H]1CC(=O)c1ccc2c(c1)NC(=O)C2. The molecule has 1 N–H and O–H groups in total. The number of benzene rings is 1. The highest BCUT2D eigenvalue weighted by Gasteiger charge is 2.38. The maximum atomic E-state index is 12.6. The van der Waals surface area contributed by atoms with Crippen LogP contribution >= 0.6 is 0 Å². The Balaban J connectivity index is 1.44. The number of amides is 1. The summed E-state index contributed by atoms with van der Waals surface area (Å²) in [5.74, 6) is 1.29. The van der Waals surface area contributed by atoms with Gasteiger partial charge in [-0.1, -0.05) is 19.1 Å². The van der Waals surface area contributed by atoms with E-state index in [-0.39, 0.29) is 11.7 Å². The van der Waals surface area contributed by atoms with E-state index in [4.69, 9.17) is 0 Å². The largest absolute Gasteiger partial charge is 0.326 e. The molecule has 116 valence electrons. The summed E-state index contributed by atoms with van der Waals surface area (Å²) in [4.78, 5) is 26.6. The van der Waals surface area contributed by atoms with Gasteiger partial charge in [0.2, 0.25) is 5.91 Å². The lowest BCUT2D eigenvalue weighted by Crippen LogP contribution is -2.23. The molecule has 1 aliphatic carbocycles. The molecular weight excluding hydrogens is 276 g/mol. The normalized spacial score (nSPS) is 27.8. The first-order valence-electron chi connectivity index (χ1n) is 8.30. The molecule has 1 aromatic rings. The molecule has 22 heavy (non-hydrogen) atoms. The highest BCUT2D eigenvalue weighted by Crippen LogP contribution is 2.36. The fourth-order valence-electron chi connectivity index (χ4n) is 3.82. The predicted molar refractivity (Wildman–Crippen MR) is 85.0 cm³/mol. The van der Waals surface area contributed by atoms with Crippen molar-refractivity contribution in [3.8, 4) is 0 Å². The summed E-state index contributed by atoms with van der Waals surface area (Å²) in [5.41, 5.74) is 2.55. The van der Waals surface area contributed by atoms with Gasteiger partial charge in [-0.05, 0) is 36.3 Å². The van der Waals surface area contributed by atoms with E-state index in [2.05, 4.69) is 17.1 Å². The molecule has 0 unspecified atom stereocenters. The first kappa shape index (κ1) is 13.9. The maximum absolute atomic E-state index is 12.6. The third kappa shape index (κ3) is 2.56. The Bertz CT molecular complexity index is 636. The van der Waals surface area contributed by atoms with Gasteiger partial charge in [0.15, 0.2) is 5.78 Å². The number of carbonyl (C=O) groups excluding carboxylic acids is 2. The zero-order chi connectivity index (χ0) is 15.3. The van der Waals surface area contributed by atoms with Crippen LogP contribution in [0, 0.1) is 11.8 Å². The second-order valence-corrected chi connectivity index (χ2v) is 7.15. The Morgan fingerprint density at radius 1 is 1.32 bits per heavy atom. The molecule has 1 saturated heterocycles. The van der Waals surface area contributed by atoms with Crippen molar-refractivity contribution in [2.24, 2.45) is 11.8 Å². The predicted octanol–water partition coefficient (Wildman–Crippen LogP) is 2.48. The zero-order valence-electron chi connectivity index (χ0n) is 13.0. The molecule has 4 heteroatoms. The molecule has 0 spiro atoms. The molecule has 0 aromatic heterocycles. The van der Waals surface area contributed by atoms with E-state index in [1.807, 2.05) is 18.2 Å². The Kier molecular flexibility index (Phi) is 3.30. The third-order valence-corrected chi connectivity index (χ3v) is 5.36. The zero-order valence-corrected chi connectivity index (χ0v) is 13.0. The van der Waals surface area contributed by atoms with E-state index in [0.29, 0.717) is 24.7 Å². The summed E-state index contributed by atoms with van der Waals surface area (Å²) in [6.07, 6.45) is 3.72. The molecule has 4 nitrogen and oxygen atoms in total. The van der Waals surface area contributed by atoms with Gasteiger partial charge in [0.05, 0.1) is 6.42 Å². The molecular formula is C18H22N2O2. The minimum atomic E-state index is 0.0177. The molecule has 4 rings (SSSR count). The Labute approximate surface area is 130 Å². The molecule has 3 aliphatic rings. The van der Waals surface area contributed by atoms with E-state index in [9.17, 15) is 9.59 Å². The van der Waals surface area contributed by atoms with Gasteiger partial charge in [0.1, 0.15) is 0 Å². The lowest BCUT2D eigenvalue weighted by Gasteiger charge is -2.14. The van der Waals surface area contributed by atoms with Crippen LogP contribution in [-0.4, -0.2) is 35.7 Å².